The molecule has 1 aliphatic heterocycles. The third-order valence-corrected chi connectivity index (χ3v) is 3.98. The van der Waals surface area contributed by atoms with Crippen molar-refractivity contribution in [3.8, 4) is 0 Å². The summed E-state index contributed by atoms with van der Waals surface area (Å²) in [5.41, 5.74) is 9.58. The molecule has 94 valence electrons. The maximum Gasteiger partial charge on any atom is 0.0346 e. The van der Waals surface area contributed by atoms with Crippen LogP contribution in [-0.4, -0.2) is 25.0 Å². The predicted octanol–water partition coefficient (Wildman–Crippen LogP) is 3.17. The van der Waals surface area contributed by atoms with Gasteiger partial charge < -0.3 is 10.6 Å². The lowest BCUT2D eigenvalue weighted by molar-refractivity contribution is 0.283. The fraction of sp³-hybridized carbons (Fsp3) is 0.600. The van der Waals surface area contributed by atoms with Gasteiger partial charge in [-0.1, -0.05) is 18.6 Å². The first-order valence-corrected chi connectivity index (χ1v) is 6.71. The highest BCUT2D eigenvalue weighted by molar-refractivity contribution is 5.49. The van der Waals surface area contributed by atoms with E-state index in [0.717, 1.165) is 5.69 Å². The molecular weight excluding hydrogens is 208 g/mol. The summed E-state index contributed by atoms with van der Waals surface area (Å²) in [6.07, 6.45) is 5.24. The summed E-state index contributed by atoms with van der Waals surface area (Å²) >= 11 is 0. The zero-order valence-corrected chi connectivity index (χ0v) is 11.1. The van der Waals surface area contributed by atoms with E-state index in [-0.39, 0.29) is 0 Å². The molecule has 1 aliphatic rings. The molecule has 0 spiro atoms. The van der Waals surface area contributed by atoms with Gasteiger partial charge in [-0.25, -0.2) is 0 Å². The molecule has 1 aromatic rings. The van der Waals surface area contributed by atoms with E-state index in [4.69, 9.17) is 5.73 Å². The fourth-order valence-corrected chi connectivity index (χ4v) is 2.65. The highest BCUT2D eigenvalue weighted by atomic mass is 15.1. The van der Waals surface area contributed by atoms with Gasteiger partial charge in [-0.15, -0.1) is 0 Å². The molecule has 1 heterocycles. The second-order valence-corrected chi connectivity index (χ2v) is 5.40. The standard InChI is InChI=1S/C15H24N2/c1-12-6-7-14(11-15(12)16)13-5-3-4-9-17(2)10-8-13/h6-7,11,13H,3-5,8-10,16H2,1-2H3. The number of nitrogen functional groups attached to an aromatic ring is 1. The first-order valence-electron chi connectivity index (χ1n) is 6.71. The Kier molecular flexibility index (Phi) is 4.06. The molecular formula is C15H24N2. The van der Waals surface area contributed by atoms with Crippen LogP contribution in [0, 0.1) is 6.92 Å². The molecule has 0 aliphatic carbocycles. The van der Waals surface area contributed by atoms with E-state index < -0.39 is 0 Å². The quantitative estimate of drug-likeness (QED) is 0.754. The Morgan fingerprint density at radius 2 is 2.00 bits per heavy atom. The number of hydrogen-bond donors (Lipinski definition) is 1. The minimum Gasteiger partial charge on any atom is -0.399 e. The molecule has 2 N–H and O–H groups in total. The van der Waals surface area contributed by atoms with Crippen molar-refractivity contribution in [2.24, 2.45) is 0 Å². The molecule has 2 rings (SSSR count). The van der Waals surface area contributed by atoms with Gasteiger partial charge in [0.05, 0.1) is 0 Å². The Labute approximate surface area is 105 Å². The summed E-state index contributed by atoms with van der Waals surface area (Å²) in [4.78, 5) is 2.45. The van der Waals surface area contributed by atoms with Gasteiger partial charge in [0, 0.05) is 5.69 Å². The van der Waals surface area contributed by atoms with Crippen molar-refractivity contribution in [2.45, 2.75) is 38.5 Å². The van der Waals surface area contributed by atoms with Crippen molar-refractivity contribution >= 4 is 5.69 Å². The van der Waals surface area contributed by atoms with Crippen LogP contribution >= 0.6 is 0 Å². The average Bonchev–Trinajstić information content (AvgIpc) is 2.28. The van der Waals surface area contributed by atoms with Gasteiger partial charge in [0.25, 0.3) is 0 Å². The minimum absolute atomic E-state index is 0.695. The van der Waals surface area contributed by atoms with Crippen LogP contribution in [0.25, 0.3) is 0 Å². The topological polar surface area (TPSA) is 29.3 Å². The van der Waals surface area contributed by atoms with Crippen molar-refractivity contribution < 1.29 is 0 Å². The number of likely N-dealkylation sites (tertiary alicyclic amines) is 1. The number of benzene rings is 1. The smallest absolute Gasteiger partial charge is 0.0346 e. The lowest BCUT2D eigenvalue weighted by atomic mass is 9.88. The summed E-state index contributed by atoms with van der Waals surface area (Å²) in [6.45, 7) is 4.53. The van der Waals surface area contributed by atoms with Crippen LogP contribution in [0.4, 0.5) is 5.69 Å². The van der Waals surface area contributed by atoms with E-state index in [0.29, 0.717) is 5.92 Å². The summed E-state index contributed by atoms with van der Waals surface area (Å²) in [6, 6.07) is 6.60. The molecule has 0 amide bonds. The highest BCUT2D eigenvalue weighted by Crippen LogP contribution is 2.29. The van der Waals surface area contributed by atoms with E-state index in [9.17, 15) is 0 Å². The Morgan fingerprint density at radius 3 is 2.76 bits per heavy atom. The molecule has 17 heavy (non-hydrogen) atoms. The monoisotopic (exact) mass is 232 g/mol. The molecule has 1 saturated heterocycles. The van der Waals surface area contributed by atoms with Gasteiger partial charge in [0.1, 0.15) is 0 Å². The molecule has 0 bridgehead atoms. The van der Waals surface area contributed by atoms with Gasteiger partial charge in [-0.05, 0) is 69.4 Å². The van der Waals surface area contributed by atoms with Crippen molar-refractivity contribution in [1.82, 2.24) is 4.90 Å². The number of anilines is 1. The SMILES string of the molecule is Cc1ccc(C2CCCCN(C)CC2)cc1N. The average molecular weight is 232 g/mol. The summed E-state index contributed by atoms with van der Waals surface area (Å²) in [5.74, 6) is 0.695. The van der Waals surface area contributed by atoms with Crippen molar-refractivity contribution in [3.05, 3.63) is 29.3 Å². The van der Waals surface area contributed by atoms with Gasteiger partial charge in [0.2, 0.25) is 0 Å². The zero-order valence-electron chi connectivity index (χ0n) is 11.1. The van der Waals surface area contributed by atoms with E-state index in [2.05, 4.69) is 37.1 Å². The van der Waals surface area contributed by atoms with Crippen molar-refractivity contribution in [2.75, 3.05) is 25.9 Å². The number of aryl methyl sites for hydroxylation is 1. The Balaban J connectivity index is 2.10. The second-order valence-electron chi connectivity index (χ2n) is 5.40. The molecule has 0 saturated carbocycles. The van der Waals surface area contributed by atoms with Crippen LogP contribution in [0.3, 0.4) is 0 Å². The van der Waals surface area contributed by atoms with E-state index in [1.807, 2.05) is 0 Å². The summed E-state index contributed by atoms with van der Waals surface area (Å²) in [7, 11) is 2.23. The van der Waals surface area contributed by atoms with E-state index >= 15 is 0 Å². The Morgan fingerprint density at radius 1 is 1.18 bits per heavy atom. The molecule has 2 nitrogen and oxygen atoms in total. The van der Waals surface area contributed by atoms with Crippen molar-refractivity contribution in [1.29, 1.82) is 0 Å². The third-order valence-electron chi connectivity index (χ3n) is 3.98. The van der Waals surface area contributed by atoms with Crippen LogP contribution in [0.5, 0.6) is 0 Å². The lowest BCUT2D eigenvalue weighted by Crippen LogP contribution is -2.24. The van der Waals surface area contributed by atoms with Crippen LogP contribution < -0.4 is 5.73 Å². The summed E-state index contributed by atoms with van der Waals surface area (Å²) in [5, 5.41) is 0. The van der Waals surface area contributed by atoms with Crippen LogP contribution in [0.1, 0.15) is 42.7 Å². The maximum absolute atomic E-state index is 6.01. The predicted molar refractivity (Wildman–Crippen MR) is 74.3 cm³/mol. The van der Waals surface area contributed by atoms with Crippen LogP contribution in [-0.2, 0) is 0 Å². The van der Waals surface area contributed by atoms with Gasteiger partial charge in [0.15, 0.2) is 0 Å². The number of nitrogens with two attached hydrogens (primary N) is 1. The normalized spacial score (nSPS) is 23.1. The number of hydrogen-bond acceptors (Lipinski definition) is 2. The number of nitrogens with zero attached hydrogens (tertiary/aromatic N) is 1. The highest BCUT2D eigenvalue weighted by Gasteiger charge is 2.15. The largest absolute Gasteiger partial charge is 0.399 e. The molecule has 1 fully saturated rings. The minimum atomic E-state index is 0.695. The maximum atomic E-state index is 6.01. The third kappa shape index (κ3) is 3.22. The fourth-order valence-electron chi connectivity index (χ4n) is 2.65. The first kappa shape index (κ1) is 12.4. The molecule has 2 heteroatoms. The lowest BCUT2D eigenvalue weighted by Gasteiger charge is -2.26. The second kappa shape index (κ2) is 5.54. The van der Waals surface area contributed by atoms with E-state index in [1.165, 1.54) is 49.9 Å². The summed E-state index contributed by atoms with van der Waals surface area (Å²) < 4.78 is 0. The number of rotatable bonds is 1. The zero-order chi connectivity index (χ0) is 12.3. The molecule has 0 radical (unpaired) electrons. The first-order chi connectivity index (χ1) is 8.16. The van der Waals surface area contributed by atoms with Gasteiger partial charge in [-0.3, -0.25) is 0 Å². The van der Waals surface area contributed by atoms with Gasteiger partial charge >= 0.3 is 0 Å². The Bertz CT molecular complexity index is 373. The van der Waals surface area contributed by atoms with Gasteiger partial charge in [-0.2, -0.15) is 0 Å². The van der Waals surface area contributed by atoms with E-state index in [1.54, 1.807) is 0 Å². The molecule has 1 atom stereocenters. The molecule has 1 unspecified atom stereocenters. The van der Waals surface area contributed by atoms with Crippen LogP contribution in [0.2, 0.25) is 0 Å². The molecule has 0 aromatic heterocycles. The Hall–Kier alpha value is -1.02. The van der Waals surface area contributed by atoms with Crippen LogP contribution in [0.15, 0.2) is 18.2 Å². The van der Waals surface area contributed by atoms with Crippen molar-refractivity contribution in [3.63, 3.8) is 0 Å². The molecule has 1 aromatic carbocycles.